The zero-order valence-electron chi connectivity index (χ0n) is 14.9. The van der Waals surface area contributed by atoms with Crippen molar-refractivity contribution in [1.29, 1.82) is 0 Å². The molecule has 0 aromatic heterocycles. The molecule has 1 fully saturated rings. The standard InChI is InChI=1S/C18H30N4O2/c1-19-18(20-9-6-14-24-16-15-23-2)22-12-10-21(11-13-22)17-7-4-3-5-8-17/h3-5,7-8H,6,9-16H2,1-2H3,(H,19,20). The molecule has 0 amide bonds. The molecule has 134 valence electrons. The summed E-state index contributed by atoms with van der Waals surface area (Å²) in [6, 6.07) is 10.6. The smallest absolute Gasteiger partial charge is 0.193 e. The van der Waals surface area contributed by atoms with Gasteiger partial charge in [0.15, 0.2) is 5.96 Å². The van der Waals surface area contributed by atoms with Crippen molar-refractivity contribution in [2.24, 2.45) is 4.99 Å². The van der Waals surface area contributed by atoms with Gasteiger partial charge in [0.2, 0.25) is 0 Å². The van der Waals surface area contributed by atoms with Crippen LogP contribution in [-0.4, -0.2) is 77.6 Å². The number of guanidine groups is 1. The van der Waals surface area contributed by atoms with Crippen molar-refractivity contribution in [1.82, 2.24) is 10.2 Å². The van der Waals surface area contributed by atoms with Crippen LogP contribution in [0.2, 0.25) is 0 Å². The second-order valence-electron chi connectivity index (χ2n) is 5.74. The van der Waals surface area contributed by atoms with Crippen LogP contribution in [-0.2, 0) is 9.47 Å². The summed E-state index contributed by atoms with van der Waals surface area (Å²) < 4.78 is 10.4. The summed E-state index contributed by atoms with van der Waals surface area (Å²) in [4.78, 5) is 9.16. The molecule has 6 heteroatoms. The third-order valence-corrected chi connectivity index (χ3v) is 4.09. The number of hydrogen-bond donors (Lipinski definition) is 1. The van der Waals surface area contributed by atoms with Gasteiger partial charge in [-0.15, -0.1) is 0 Å². The van der Waals surface area contributed by atoms with Crippen molar-refractivity contribution in [3.8, 4) is 0 Å². The van der Waals surface area contributed by atoms with Crippen LogP contribution in [0.3, 0.4) is 0 Å². The van der Waals surface area contributed by atoms with Crippen LogP contribution < -0.4 is 10.2 Å². The van der Waals surface area contributed by atoms with Crippen LogP contribution in [0.1, 0.15) is 6.42 Å². The van der Waals surface area contributed by atoms with Crippen LogP contribution >= 0.6 is 0 Å². The average molecular weight is 334 g/mol. The van der Waals surface area contributed by atoms with E-state index in [4.69, 9.17) is 9.47 Å². The van der Waals surface area contributed by atoms with E-state index in [0.717, 1.165) is 51.7 Å². The van der Waals surface area contributed by atoms with Gasteiger partial charge in [0.1, 0.15) is 0 Å². The van der Waals surface area contributed by atoms with Gasteiger partial charge >= 0.3 is 0 Å². The number of hydrogen-bond acceptors (Lipinski definition) is 4. The molecule has 1 aliphatic heterocycles. The molecule has 0 saturated carbocycles. The first-order valence-corrected chi connectivity index (χ1v) is 8.67. The minimum absolute atomic E-state index is 0.654. The molecule has 0 unspecified atom stereocenters. The molecule has 0 aliphatic carbocycles. The van der Waals surface area contributed by atoms with E-state index in [1.54, 1.807) is 7.11 Å². The van der Waals surface area contributed by atoms with Gasteiger partial charge in [-0.05, 0) is 18.6 Å². The highest BCUT2D eigenvalue weighted by Gasteiger charge is 2.19. The van der Waals surface area contributed by atoms with Gasteiger partial charge in [-0.3, -0.25) is 4.99 Å². The highest BCUT2D eigenvalue weighted by Crippen LogP contribution is 2.15. The van der Waals surface area contributed by atoms with Crippen LogP contribution in [0.4, 0.5) is 5.69 Å². The molecule has 0 spiro atoms. The monoisotopic (exact) mass is 334 g/mol. The average Bonchev–Trinajstić information content (AvgIpc) is 2.65. The van der Waals surface area contributed by atoms with Crippen molar-refractivity contribution in [2.75, 3.05) is 71.6 Å². The zero-order valence-corrected chi connectivity index (χ0v) is 14.9. The molecule has 6 nitrogen and oxygen atoms in total. The highest BCUT2D eigenvalue weighted by molar-refractivity contribution is 5.80. The minimum atomic E-state index is 0.654. The number of rotatable bonds is 8. The summed E-state index contributed by atoms with van der Waals surface area (Å²) in [5.41, 5.74) is 1.30. The van der Waals surface area contributed by atoms with E-state index in [0.29, 0.717) is 13.2 Å². The van der Waals surface area contributed by atoms with Gasteiger partial charge in [0, 0.05) is 59.2 Å². The van der Waals surface area contributed by atoms with Crippen molar-refractivity contribution in [3.05, 3.63) is 30.3 Å². The lowest BCUT2D eigenvalue weighted by Gasteiger charge is -2.37. The SMILES string of the molecule is CN=C(NCCCOCCOC)N1CCN(c2ccccc2)CC1. The Morgan fingerprint density at radius 1 is 1.08 bits per heavy atom. The Balaban J connectivity index is 1.66. The largest absolute Gasteiger partial charge is 0.382 e. The fourth-order valence-electron chi connectivity index (χ4n) is 2.77. The van der Waals surface area contributed by atoms with E-state index in [9.17, 15) is 0 Å². The number of anilines is 1. The van der Waals surface area contributed by atoms with Crippen molar-refractivity contribution >= 4 is 11.6 Å². The number of nitrogens with one attached hydrogen (secondary N) is 1. The summed E-state index contributed by atoms with van der Waals surface area (Å²) in [5.74, 6) is 0.986. The maximum absolute atomic E-state index is 5.47. The molecule has 0 bridgehead atoms. The topological polar surface area (TPSA) is 49.3 Å². The Morgan fingerprint density at radius 3 is 2.50 bits per heavy atom. The number of piperazine rings is 1. The van der Waals surface area contributed by atoms with E-state index in [1.807, 2.05) is 7.05 Å². The number of nitrogens with zero attached hydrogens (tertiary/aromatic N) is 3. The predicted molar refractivity (Wildman–Crippen MR) is 98.9 cm³/mol. The first-order chi connectivity index (χ1) is 11.8. The minimum Gasteiger partial charge on any atom is -0.382 e. The van der Waals surface area contributed by atoms with Gasteiger partial charge in [-0.25, -0.2) is 0 Å². The van der Waals surface area contributed by atoms with E-state index in [-0.39, 0.29) is 0 Å². The van der Waals surface area contributed by atoms with Crippen LogP contribution in [0.15, 0.2) is 35.3 Å². The number of para-hydroxylation sites is 1. The predicted octanol–water partition coefficient (Wildman–Crippen LogP) is 1.44. The lowest BCUT2D eigenvalue weighted by atomic mass is 10.2. The van der Waals surface area contributed by atoms with E-state index in [1.165, 1.54) is 5.69 Å². The Bertz CT molecular complexity index is 473. The van der Waals surface area contributed by atoms with Crippen LogP contribution in [0, 0.1) is 0 Å². The molecule has 1 aliphatic rings. The van der Waals surface area contributed by atoms with Crippen molar-refractivity contribution in [3.63, 3.8) is 0 Å². The maximum Gasteiger partial charge on any atom is 0.193 e. The summed E-state index contributed by atoms with van der Waals surface area (Å²) in [6.07, 6.45) is 0.965. The van der Waals surface area contributed by atoms with Gasteiger partial charge < -0.3 is 24.6 Å². The molecule has 1 N–H and O–H groups in total. The molecule has 0 radical (unpaired) electrons. The Morgan fingerprint density at radius 2 is 1.83 bits per heavy atom. The molecule has 24 heavy (non-hydrogen) atoms. The van der Waals surface area contributed by atoms with Crippen LogP contribution in [0.25, 0.3) is 0 Å². The Labute approximate surface area is 145 Å². The number of benzene rings is 1. The third kappa shape index (κ3) is 6.02. The molecular weight excluding hydrogens is 304 g/mol. The molecule has 2 rings (SSSR count). The fraction of sp³-hybridized carbons (Fsp3) is 0.611. The van der Waals surface area contributed by atoms with Gasteiger partial charge in [0.25, 0.3) is 0 Å². The third-order valence-electron chi connectivity index (χ3n) is 4.09. The first-order valence-electron chi connectivity index (χ1n) is 8.67. The van der Waals surface area contributed by atoms with E-state index < -0.39 is 0 Å². The normalized spacial score (nSPS) is 15.7. The summed E-state index contributed by atoms with van der Waals surface area (Å²) >= 11 is 0. The summed E-state index contributed by atoms with van der Waals surface area (Å²) in [6.45, 7) is 6.94. The molecule has 0 atom stereocenters. The van der Waals surface area contributed by atoms with E-state index in [2.05, 4.69) is 50.4 Å². The number of ether oxygens (including phenoxy) is 2. The summed E-state index contributed by atoms with van der Waals surface area (Å²) in [5, 5.41) is 3.43. The van der Waals surface area contributed by atoms with Crippen molar-refractivity contribution in [2.45, 2.75) is 6.42 Å². The van der Waals surface area contributed by atoms with Gasteiger partial charge in [-0.2, -0.15) is 0 Å². The Kier molecular flexibility index (Phi) is 8.41. The zero-order chi connectivity index (χ0) is 17.0. The Hall–Kier alpha value is -1.79. The van der Waals surface area contributed by atoms with E-state index >= 15 is 0 Å². The quantitative estimate of drug-likeness (QED) is 0.443. The fourth-order valence-corrected chi connectivity index (χ4v) is 2.77. The highest BCUT2D eigenvalue weighted by atomic mass is 16.5. The molecule has 1 saturated heterocycles. The first kappa shape index (κ1) is 18.5. The second-order valence-corrected chi connectivity index (χ2v) is 5.74. The lowest BCUT2D eigenvalue weighted by molar-refractivity contribution is 0.0698. The molecular formula is C18H30N4O2. The maximum atomic E-state index is 5.47. The van der Waals surface area contributed by atoms with Gasteiger partial charge in [-0.1, -0.05) is 18.2 Å². The molecule has 1 aromatic rings. The summed E-state index contributed by atoms with van der Waals surface area (Å²) in [7, 11) is 3.54. The second kappa shape index (κ2) is 10.9. The van der Waals surface area contributed by atoms with Gasteiger partial charge in [0.05, 0.1) is 13.2 Å². The number of methoxy groups -OCH3 is 1. The van der Waals surface area contributed by atoms with Crippen molar-refractivity contribution < 1.29 is 9.47 Å². The molecule has 1 aromatic carbocycles. The number of aliphatic imine (C=N–C) groups is 1. The molecule has 1 heterocycles. The van der Waals surface area contributed by atoms with Crippen LogP contribution in [0.5, 0.6) is 0 Å². The lowest BCUT2D eigenvalue weighted by Crippen LogP contribution is -2.52.